The van der Waals surface area contributed by atoms with E-state index in [0.717, 1.165) is 72.3 Å². The molecule has 2 atom stereocenters. The van der Waals surface area contributed by atoms with Crippen LogP contribution in [0.25, 0.3) is 5.57 Å². The summed E-state index contributed by atoms with van der Waals surface area (Å²) in [4.78, 5) is 16.3. The molecule has 1 saturated carbocycles. The molecule has 1 aliphatic carbocycles. The van der Waals surface area contributed by atoms with Gasteiger partial charge >= 0.3 is 0 Å². The van der Waals surface area contributed by atoms with Gasteiger partial charge < -0.3 is 20.3 Å². The number of hydrogen-bond acceptors (Lipinski definition) is 4. The number of nitrogens with zero attached hydrogens (tertiary/aromatic N) is 1. The van der Waals surface area contributed by atoms with Crippen LogP contribution >= 0.6 is 0 Å². The highest BCUT2D eigenvalue weighted by atomic mass is 19.2. The molecule has 1 saturated heterocycles. The van der Waals surface area contributed by atoms with Gasteiger partial charge in [-0.25, -0.2) is 8.78 Å². The third kappa shape index (κ3) is 6.19. The minimum absolute atomic E-state index is 0.0394. The second-order valence-corrected chi connectivity index (χ2v) is 11.1. The lowest BCUT2D eigenvalue weighted by Gasteiger charge is -2.41. The van der Waals surface area contributed by atoms with Crippen LogP contribution in [0.1, 0.15) is 42.4 Å². The summed E-state index contributed by atoms with van der Waals surface area (Å²) in [6.07, 6.45) is 3.99. The Morgan fingerprint density at radius 1 is 0.902 bits per heavy atom. The first-order valence-corrected chi connectivity index (χ1v) is 14.4. The van der Waals surface area contributed by atoms with Gasteiger partial charge in [0.1, 0.15) is 0 Å². The number of halogens is 3. The molecular weight excluding hydrogens is 527 g/mol. The number of nitrogens with one attached hydrogen (secondary N) is 2. The number of ether oxygens (including phenoxy) is 1. The smallest absolute Gasteiger partial charge is 0.252 e. The second-order valence-electron chi connectivity index (χ2n) is 11.1. The van der Waals surface area contributed by atoms with E-state index in [1.165, 1.54) is 0 Å². The first-order valence-electron chi connectivity index (χ1n) is 14.4. The highest BCUT2D eigenvalue weighted by Gasteiger charge is 2.40. The van der Waals surface area contributed by atoms with Crippen molar-refractivity contribution in [3.8, 4) is 5.75 Å². The van der Waals surface area contributed by atoms with Crippen molar-refractivity contribution in [1.29, 1.82) is 0 Å². The molecule has 8 heteroatoms. The monoisotopic (exact) mass is 561 g/mol. The normalized spacial score (nSPS) is 20.2. The predicted molar refractivity (Wildman–Crippen MR) is 152 cm³/mol. The van der Waals surface area contributed by atoms with Gasteiger partial charge in [0, 0.05) is 37.3 Å². The zero-order valence-corrected chi connectivity index (χ0v) is 22.8. The van der Waals surface area contributed by atoms with Crippen LogP contribution in [0, 0.1) is 17.5 Å². The van der Waals surface area contributed by atoms with Crippen molar-refractivity contribution in [2.24, 2.45) is 0 Å². The summed E-state index contributed by atoms with van der Waals surface area (Å²) < 4.78 is 46.3. The number of amides is 1. The van der Waals surface area contributed by atoms with Gasteiger partial charge in [-0.1, -0.05) is 54.6 Å². The topological polar surface area (TPSA) is 53.6 Å². The summed E-state index contributed by atoms with van der Waals surface area (Å²) in [6, 6.07) is 20.5. The molecule has 41 heavy (non-hydrogen) atoms. The predicted octanol–water partition coefficient (Wildman–Crippen LogP) is 5.39. The third-order valence-electron chi connectivity index (χ3n) is 8.14. The molecule has 3 aliphatic rings. The molecule has 6 rings (SSSR count). The number of benzene rings is 3. The number of carbonyl (C=O) groups is 1. The van der Waals surface area contributed by atoms with E-state index in [4.69, 9.17) is 4.74 Å². The Balaban J connectivity index is 1.18. The maximum absolute atomic E-state index is 14.2. The van der Waals surface area contributed by atoms with Gasteiger partial charge in [-0.05, 0) is 66.5 Å². The van der Waals surface area contributed by atoms with Gasteiger partial charge in [-0.15, -0.1) is 0 Å². The van der Waals surface area contributed by atoms with Crippen LogP contribution in [0.4, 0.5) is 13.2 Å². The van der Waals surface area contributed by atoms with E-state index >= 15 is 0 Å². The largest absolute Gasteiger partial charge is 0.488 e. The van der Waals surface area contributed by atoms with Crippen molar-refractivity contribution >= 4 is 11.5 Å². The molecule has 3 aromatic rings. The molecule has 2 bridgehead atoms. The van der Waals surface area contributed by atoms with Gasteiger partial charge in [-0.2, -0.15) is 4.39 Å². The van der Waals surface area contributed by atoms with Gasteiger partial charge in [0.25, 0.3) is 5.91 Å². The summed E-state index contributed by atoms with van der Waals surface area (Å²) in [6.45, 7) is 2.25. The zero-order chi connectivity index (χ0) is 28.3. The Morgan fingerprint density at radius 2 is 1.66 bits per heavy atom. The van der Waals surface area contributed by atoms with Gasteiger partial charge in [0.2, 0.25) is 5.82 Å². The van der Waals surface area contributed by atoms with Crippen LogP contribution in [-0.4, -0.2) is 48.6 Å². The van der Waals surface area contributed by atoms with Crippen molar-refractivity contribution in [3.05, 3.63) is 106 Å². The van der Waals surface area contributed by atoms with Crippen LogP contribution < -0.4 is 15.4 Å². The maximum atomic E-state index is 14.2. The van der Waals surface area contributed by atoms with E-state index in [-0.39, 0.29) is 30.6 Å². The molecule has 5 nitrogen and oxygen atoms in total. The molecule has 2 aliphatic heterocycles. The quantitative estimate of drug-likeness (QED) is 0.257. The Morgan fingerprint density at radius 3 is 2.41 bits per heavy atom. The molecule has 2 N–H and O–H groups in total. The summed E-state index contributed by atoms with van der Waals surface area (Å²) in [5.41, 5.74) is 5.19. The van der Waals surface area contributed by atoms with Crippen LogP contribution in [0.5, 0.6) is 5.75 Å². The Kier molecular flexibility index (Phi) is 8.12. The van der Waals surface area contributed by atoms with E-state index in [9.17, 15) is 18.0 Å². The highest BCUT2D eigenvalue weighted by molar-refractivity contribution is 6.03. The fraction of sp³-hybridized carbons (Fsp3) is 0.364. The van der Waals surface area contributed by atoms with Crippen LogP contribution in [0.2, 0.25) is 0 Å². The van der Waals surface area contributed by atoms with Crippen molar-refractivity contribution in [1.82, 2.24) is 15.5 Å². The summed E-state index contributed by atoms with van der Waals surface area (Å²) in [7, 11) is 0. The van der Waals surface area contributed by atoms with Gasteiger partial charge in [0.05, 0.1) is 12.6 Å². The molecule has 0 radical (unpaired) electrons. The minimum atomic E-state index is -1.31. The van der Waals surface area contributed by atoms with Crippen LogP contribution in [-0.2, 0) is 17.8 Å². The van der Waals surface area contributed by atoms with Crippen LogP contribution in [0.15, 0.2) is 72.3 Å². The molecule has 2 unspecified atom stereocenters. The average Bonchev–Trinajstić information content (AvgIpc) is 3.83. The number of fused-ring (bicyclic) bond motifs is 2. The van der Waals surface area contributed by atoms with Crippen molar-refractivity contribution < 1.29 is 22.7 Å². The Hall–Kier alpha value is -3.62. The Bertz CT molecular complexity index is 1420. The maximum Gasteiger partial charge on any atom is 0.252 e. The fourth-order valence-corrected chi connectivity index (χ4v) is 5.89. The van der Waals surface area contributed by atoms with Crippen LogP contribution in [0.3, 0.4) is 0 Å². The molecule has 214 valence electrons. The molecule has 2 heterocycles. The molecule has 2 fully saturated rings. The van der Waals surface area contributed by atoms with E-state index in [0.29, 0.717) is 19.4 Å². The summed E-state index contributed by atoms with van der Waals surface area (Å²) in [5, 5.41) is 7.16. The molecule has 0 aromatic heterocycles. The third-order valence-corrected chi connectivity index (χ3v) is 8.14. The molecular formula is C33H34F3N3O2. The number of hydrogen-bond donors (Lipinski definition) is 2. The van der Waals surface area contributed by atoms with Gasteiger partial charge in [-0.3, -0.25) is 4.79 Å². The first kappa shape index (κ1) is 27.5. The standard InChI is InChI=1S/C33H34F3N3O2/c34-27-14-15-28(35)32(31(27)36)41-16-4-7-21-8-10-23(11-9-21)26-17-24-18-37-19-29(38-24)30(26)33(40)39(25-12-13-25)20-22-5-2-1-3-6-22/h1-3,5-6,8-11,14-15,24-25,29,37-38H,4,7,12-13,16-20H2. The van der Waals surface area contributed by atoms with Crippen molar-refractivity contribution in [2.45, 2.75) is 56.8 Å². The zero-order valence-electron chi connectivity index (χ0n) is 22.8. The highest BCUT2D eigenvalue weighted by Crippen LogP contribution is 2.36. The molecule has 1 amide bonds. The fourth-order valence-electron chi connectivity index (χ4n) is 5.89. The van der Waals surface area contributed by atoms with E-state index in [1.54, 1.807) is 0 Å². The van der Waals surface area contributed by atoms with E-state index in [1.807, 2.05) is 30.3 Å². The molecule has 0 spiro atoms. The van der Waals surface area contributed by atoms with E-state index < -0.39 is 23.2 Å². The second kappa shape index (κ2) is 12.1. The summed E-state index contributed by atoms with van der Waals surface area (Å²) >= 11 is 0. The van der Waals surface area contributed by atoms with Crippen molar-refractivity contribution in [2.75, 3.05) is 19.7 Å². The lowest BCUT2D eigenvalue weighted by atomic mass is 9.83. The Labute approximate surface area is 238 Å². The SMILES string of the molecule is O=C(C1=C(c2ccc(CCCOc3c(F)ccc(F)c3F)cc2)CC2CNCC1N2)N(Cc1ccccc1)C1CC1. The van der Waals surface area contributed by atoms with Gasteiger partial charge in [0.15, 0.2) is 17.4 Å². The molecule has 3 aromatic carbocycles. The lowest BCUT2D eigenvalue weighted by Crippen LogP contribution is -2.59. The first-order chi connectivity index (χ1) is 20.0. The number of aryl methyl sites for hydroxylation is 1. The number of carbonyl (C=O) groups excluding carboxylic acids is 1. The lowest BCUT2D eigenvalue weighted by molar-refractivity contribution is -0.128. The van der Waals surface area contributed by atoms with Crippen molar-refractivity contribution in [3.63, 3.8) is 0 Å². The summed E-state index contributed by atoms with van der Waals surface area (Å²) in [5.74, 6) is -3.92. The number of rotatable bonds is 10. The van der Waals surface area contributed by atoms with E-state index in [2.05, 4.69) is 39.8 Å². The minimum Gasteiger partial charge on any atom is -0.488 e. The average molecular weight is 562 g/mol. The number of piperazine rings is 1.